The molecule has 4 N–H and O–H groups in total. The molecule has 0 radical (unpaired) electrons. The minimum atomic E-state index is -4.76. The van der Waals surface area contributed by atoms with E-state index in [1.54, 1.807) is 35.7 Å². The van der Waals surface area contributed by atoms with Crippen LogP contribution in [-0.2, 0) is 17.8 Å². The molecule has 0 aliphatic carbocycles. The maximum absolute atomic E-state index is 12.8. The summed E-state index contributed by atoms with van der Waals surface area (Å²) in [5.74, 6) is -0.238. The van der Waals surface area contributed by atoms with Crippen molar-refractivity contribution in [1.82, 2.24) is 35.3 Å². The van der Waals surface area contributed by atoms with Gasteiger partial charge in [0.05, 0.1) is 30.8 Å². The summed E-state index contributed by atoms with van der Waals surface area (Å²) in [5.41, 5.74) is 5.04. The maximum atomic E-state index is 12.8. The summed E-state index contributed by atoms with van der Waals surface area (Å²) in [5, 5.41) is 30.7. The Bertz CT molecular complexity index is 1660. The predicted molar refractivity (Wildman–Crippen MR) is 153 cm³/mol. The molecular formula is C29H30F3N9O2. The Morgan fingerprint density at radius 2 is 1.84 bits per heavy atom. The van der Waals surface area contributed by atoms with Crippen LogP contribution in [0, 0.1) is 11.3 Å². The van der Waals surface area contributed by atoms with E-state index in [2.05, 4.69) is 46.8 Å². The van der Waals surface area contributed by atoms with E-state index in [4.69, 9.17) is 4.74 Å². The number of fused-ring (bicyclic) bond motifs is 1. The number of H-pyrrole nitrogens is 2. The fourth-order valence-electron chi connectivity index (χ4n) is 4.70. The molecule has 224 valence electrons. The van der Waals surface area contributed by atoms with Crippen LogP contribution in [0.1, 0.15) is 29.7 Å². The molecule has 0 amide bonds. The Labute approximate surface area is 245 Å². The number of benzene rings is 2. The lowest BCUT2D eigenvalue weighted by Gasteiger charge is -2.14. The molecule has 3 aromatic heterocycles. The summed E-state index contributed by atoms with van der Waals surface area (Å²) in [6, 6.07) is 10.7. The maximum Gasteiger partial charge on any atom is 0.573 e. The zero-order valence-corrected chi connectivity index (χ0v) is 23.1. The first-order valence-electron chi connectivity index (χ1n) is 13.7. The Kier molecular flexibility index (Phi) is 9.55. The number of rotatable bonds is 15. The summed E-state index contributed by atoms with van der Waals surface area (Å²) in [7, 11) is 0. The number of hydrogen-bond acceptors (Lipinski definition) is 8. The van der Waals surface area contributed by atoms with Crippen molar-refractivity contribution in [3.05, 3.63) is 78.3 Å². The molecule has 0 saturated heterocycles. The normalized spacial score (nSPS) is 11.6. The van der Waals surface area contributed by atoms with Crippen molar-refractivity contribution in [2.45, 2.75) is 32.3 Å². The average Bonchev–Trinajstić information content (AvgIpc) is 3.75. The first-order valence-corrected chi connectivity index (χ1v) is 13.7. The number of nitriles is 1. The van der Waals surface area contributed by atoms with Gasteiger partial charge in [-0.25, -0.2) is 4.98 Å². The summed E-state index contributed by atoms with van der Waals surface area (Å²) >= 11 is 0. The molecular weight excluding hydrogens is 563 g/mol. The molecule has 0 bridgehead atoms. The lowest BCUT2D eigenvalue weighted by atomic mass is 10.0. The molecule has 0 unspecified atom stereocenters. The van der Waals surface area contributed by atoms with Crippen molar-refractivity contribution in [2.75, 3.05) is 31.6 Å². The van der Waals surface area contributed by atoms with Crippen molar-refractivity contribution in [3.8, 4) is 22.9 Å². The molecule has 0 fully saturated rings. The molecule has 0 atom stereocenters. The van der Waals surface area contributed by atoms with E-state index < -0.39 is 6.36 Å². The van der Waals surface area contributed by atoms with Crippen LogP contribution in [0.2, 0.25) is 0 Å². The van der Waals surface area contributed by atoms with Gasteiger partial charge in [0.15, 0.2) is 0 Å². The van der Waals surface area contributed by atoms with E-state index in [0.29, 0.717) is 61.8 Å². The van der Waals surface area contributed by atoms with Gasteiger partial charge in [-0.3, -0.25) is 10.2 Å². The summed E-state index contributed by atoms with van der Waals surface area (Å²) < 4.78 is 50.2. The number of hydrogen-bond donors (Lipinski definition) is 4. The number of unbranched alkanes of at least 4 members (excludes halogenated alkanes) is 1. The Morgan fingerprint density at radius 3 is 2.65 bits per heavy atom. The molecule has 14 heteroatoms. The summed E-state index contributed by atoms with van der Waals surface area (Å²) in [6.45, 7) is 3.14. The van der Waals surface area contributed by atoms with Gasteiger partial charge in [0.2, 0.25) is 0 Å². The largest absolute Gasteiger partial charge is 0.573 e. The molecule has 0 aliphatic heterocycles. The zero-order valence-electron chi connectivity index (χ0n) is 23.1. The Balaban J connectivity index is 1.03. The summed E-state index contributed by atoms with van der Waals surface area (Å²) in [6.07, 6.45) is 5.26. The number of ether oxygens (including phenoxy) is 2. The number of halogens is 3. The molecule has 5 aromatic rings. The smallest absolute Gasteiger partial charge is 0.406 e. The van der Waals surface area contributed by atoms with Gasteiger partial charge in [0.1, 0.15) is 17.5 Å². The van der Waals surface area contributed by atoms with Crippen LogP contribution in [0.15, 0.2) is 61.4 Å². The second-order valence-electron chi connectivity index (χ2n) is 9.82. The van der Waals surface area contributed by atoms with Gasteiger partial charge >= 0.3 is 6.36 Å². The highest BCUT2D eigenvalue weighted by molar-refractivity contribution is 5.95. The predicted octanol–water partition coefficient (Wildman–Crippen LogP) is 4.97. The van der Waals surface area contributed by atoms with Gasteiger partial charge in [0.25, 0.3) is 0 Å². The molecule has 43 heavy (non-hydrogen) atoms. The van der Waals surface area contributed by atoms with Gasteiger partial charge in [-0.1, -0.05) is 6.07 Å². The molecule has 0 saturated carbocycles. The van der Waals surface area contributed by atoms with E-state index in [9.17, 15) is 18.4 Å². The van der Waals surface area contributed by atoms with Crippen molar-refractivity contribution >= 4 is 16.6 Å². The van der Waals surface area contributed by atoms with Crippen molar-refractivity contribution in [2.24, 2.45) is 0 Å². The Morgan fingerprint density at radius 1 is 0.977 bits per heavy atom. The standard InChI is InChI=1S/C29H30F3N9O2/c30-29(31,32)43-23-10-20(9-21(11-23)18-41-6-4-35-19-41)15-34-3-1-2-7-42-8-5-36-26-12-22(13-27-25(26)17-38-39-27)24-16-37-40-28(24)14-33/h4,6,9-13,16-17,19,34,36H,1-3,5,7-8,15,18H2,(H,37,40)(H,38,39). The van der Waals surface area contributed by atoms with Crippen LogP contribution in [-0.4, -0.2) is 62.6 Å². The Hall–Kier alpha value is -4.87. The highest BCUT2D eigenvalue weighted by Gasteiger charge is 2.31. The number of nitrogens with one attached hydrogen (secondary N) is 4. The summed E-state index contributed by atoms with van der Waals surface area (Å²) in [4.78, 5) is 3.97. The fraction of sp³-hybridized carbons (Fsp3) is 0.310. The third-order valence-corrected chi connectivity index (χ3v) is 6.59. The molecule has 2 aromatic carbocycles. The van der Waals surface area contributed by atoms with Crippen LogP contribution < -0.4 is 15.4 Å². The highest BCUT2D eigenvalue weighted by atomic mass is 19.4. The van der Waals surface area contributed by atoms with E-state index >= 15 is 0 Å². The van der Waals surface area contributed by atoms with Crippen molar-refractivity contribution in [1.29, 1.82) is 5.26 Å². The van der Waals surface area contributed by atoms with Crippen LogP contribution in [0.25, 0.3) is 22.0 Å². The minimum absolute atomic E-state index is 0.238. The lowest BCUT2D eigenvalue weighted by Crippen LogP contribution is -2.19. The molecule has 3 heterocycles. The minimum Gasteiger partial charge on any atom is -0.406 e. The van der Waals surface area contributed by atoms with Crippen LogP contribution >= 0.6 is 0 Å². The number of aromatic nitrogens is 6. The number of anilines is 1. The van der Waals surface area contributed by atoms with E-state index in [1.165, 1.54) is 12.1 Å². The van der Waals surface area contributed by atoms with Gasteiger partial charge in [-0.05, 0) is 60.3 Å². The lowest BCUT2D eigenvalue weighted by molar-refractivity contribution is -0.274. The van der Waals surface area contributed by atoms with Crippen molar-refractivity contribution in [3.63, 3.8) is 0 Å². The first kappa shape index (κ1) is 29.6. The van der Waals surface area contributed by atoms with Gasteiger partial charge < -0.3 is 24.7 Å². The second-order valence-corrected chi connectivity index (χ2v) is 9.82. The van der Waals surface area contributed by atoms with E-state index in [0.717, 1.165) is 35.0 Å². The zero-order chi connectivity index (χ0) is 30.1. The topological polar surface area (TPSA) is 141 Å². The SMILES string of the molecule is N#Cc1[nH]ncc1-c1cc(NCCOCCCCNCc2cc(Cn3ccnc3)cc(OC(F)(F)F)c2)c2cn[nH]c2c1. The number of alkyl halides is 3. The third-order valence-electron chi connectivity index (χ3n) is 6.59. The quantitative estimate of drug-likeness (QED) is 0.125. The molecule has 11 nitrogen and oxygen atoms in total. The number of nitrogens with zero attached hydrogens (tertiary/aromatic N) is 5. The molecule has 0 spiro atoms. The second kappa shape index (κ2) is 13.9. The van der Waals surface area contributed by atoms with Crippen molar-refractivity contribution < 1.29 is 22.6 Å². The van der Waals surface area contributed by atoms with Crippen LogP contribution in [0.3, 0.4) is 0 Å². The van der Waals surface area contributed by atoms with Gasteiger partial charge in [-0.15, -0.1) is 13.2 Å². The van der Waals surface area contributed by atoms with Gasteiger partial charge in [0, 0.05) is 55.3 Å². The van der Waals surface area contributed by atoms with Gasteiger partial charge in [-0.2, -0.15) is 15.5 Å². The highest BCUT2D eigenvalue weighted by Crippen LogP contribution is 2.31. The monoisotopic (exact) mass is 593 g/mol. The molecule has 5 rings (SSSR count). The van der Waals surface area contributed by atoms with Crippen LogP contribution in [0.4, 0.5) is 18.9 Å². The van der Waals surface area contributed by atoms with Crippen LogP contribution in [0.5, 0.6) is 5.75 Å². The van der Waals surface area contributed by atoms with E-state index in [-0.39, 0.29) is 5.75 Å². The fourth-order valence-corrected chi connectivity index (χ4v) is 4.70. The number of imidazole rings is 1. The third kappa shape index (κ3) is 8.34. The van der Waals surface area contributed by atoms with E-state index in [1.807, 2.05) is 18.2 Å². The number of aromatic amines is 2. The average molecular weight is 594 g/mol. The molecule has 0 aliphatic rings. The first-order chi connectivity index (χ1) is 20.9.